The normalized spacial score (nSPS) is 14.6. The largest absolute Gasteiger partial charge is 0.490 e. The van der Waals surface area contributed by atoms with Crippen LogP contribution in [-0.2, 0) is 0 Å². The van der Waals surface area contributed by atoms with E-state index in [1.54, 1.807) is 12.4 Å². The van der Waals surface area contributed by atoms with Crippen molar-refractivity contribution in [1.82, 2.24) is 15.3 Å². The fourth-order valence-corrected chi connectivity index (χ4v) is 2.75. The van der Waals surface area contributed by atoms with Gasteiger partial charge in [0.1, 0.15) is 19.0 Å². The van der Waals surface area contributed by atoms with Gasteiger partial charge in [-0.2, -0.15) is 0 Å². The smallest absolute Gasteiger partial charge is 0.257 e. The summed E-state index contributed by atoms with van der Waals surface area (Å²) in [5.74, 6) is 2.17. The molecule has 3 rings (SSSR count). The predicted molar refractivity (Wildman–Crippen MR) is 92.2 cm³/mol. The molecule has 1 aliphatic heterocycles. The van der Waals surface area contributed by atoms with E-state index >= 15 is 0 Å². The zero-order chi connectivity index (χ0) is 15.9. The summed E-state index contributed by atoms with van der Waals surface area (Å²) in [5, 5.41) is 3.32. The van der Waals surface area contributed by atoms with Crippen molar-refractivity contribution >= 4 is 21.7 Å². The van der Waals surface area contributed by atoms with Crippen LogP contribution >= 0.6 is 15.9 Å². The number of piperazine rings is 1. The highest BCUT2D eigenvalue weighted by Crippen LogP contribution is 2.23. The summed E-state index contributed by atoms with van der Waals surface area (Å²) in [6, 6.07) is 7.74. The molecule has 0 aliphatic carbocycles. The van der Waals surface area contributed by atoms with Crippen molar-refractivity contribution in [3.05, 3.63) is 41.1 Å². The van der Waals surface area contributed by atoms with Crippen molar-refractivity contribution in [2.45, 2.75) is 0 Å². The molecule has 1 aromatic carbocycles. The number of rotatable bonds is 6. The van der Waals surface area contributed by atoms with Crippen molar-refractivity contribution in [2.75, 3.05) is 44.3 Å². The van der Waals surface area contributed by atoms with Gasteiger partial charge in [0.15, 0.2) is 5.82 Å². The third-order valence-electron chi connectivity index (χ3n) is 3.45. The molecule has 1 saturated heterocycles. The Morgan fingerprint density at radius 2 is 1.87 bits per heavy atom. The molecule has 2 heterocycles. The molecular formula is C16H19BrN4O2. The van der Waals surface area contributed by atoms with Gasteiger partial charge in [-0.05, 0) is 18.2 Å². The van der Waals surface area contributed by atoms with Crippen LogP contribution in [0.2, 0.25) is 0 Å². The average Bonchev–Trinajstić information content (AvgIpc) is 2.60. The van der Waals surface area contributed by atoms with Crippen LogP contribution in [0.25, 0.3) is 0 Å². The van der Waals surface area contributed by atoms with Gasteiger partial charge in [-0.1, -0.05) is 22.0 Å². The fraction of sp³-hybridized carbons (Fsp3) is 0.375. The Morgan fingerprint density at radius 3 is 2.70 bits per heavy atom. The number of ether oxygens (including phenoxy) is 2. The molecule has 7 heteroatoms. The summed E-state index contributed by atoms with van der Waals surface area (Å²) >= 11 is 3.42. The first-order valence-electron chi connectivity index (χ1n) is 7.61. The first-order chi connectivity index (χ1) is 11.3. The third kappa shape index (κ3) is 4.56. The standard InChI is InChI=1S/C16H19BrN4O2/c17-13-2-1-3-14(12-13)22-10-11-23-16-15(19-4-5-20-16)21-8-6-18-7-9-21/h1-5,12,18H,6-11H2. The van der Waals surface area contributed by atoms with Crippen LogP contribution in [0.3, 0.4) is 0 Å². The van der Waals surface area contributed by atoms with E-state index in [2.05, 4.69) is 36.1 Å². The van der Waals surface area contributed by atoms with Gasteiger partial charge in [-0.25, -0.2) is 9.97 Å². The van der Waals surface area contributed by atoms with Gasteiger partial charge in [0, 0.05) is 43.0 Å². The van der Waals surface area contributed by atoms with Gasteiger partial charge in [0.2, 0.25) is 0 Å². The topological polar surface area (TPSA) is 59.5 Å². The van der Waals surface area contributed by atoms with Crippen molar-refractivity contribution in [3.8, 4) is 11.6 Å². The second kappa shape index (κ2) is 8.12. The number of anilines is 1. The van der Waals surface area contributed by atoms with Gasteiger partial charge in [-0.3, -0.25) is 0 Å². The van der Waals surface area contributed by atoms with Crippen LogP contribution in [0.4, 0.5) is 5.82 Å². The molecule has 1 N–H and O–H groups in total. The van der Waals surface area contributed by atoms with Crippen LogP contribution in [0.1, 0.15) is 0 Å². The Balaban J connectivity index is 1.54. The van der Waals surface area contributed by atoms with Crippen LogP contribution < -0.4 is 19.7 Å². The minimum Gasteiger partial charge on any atom is -0.490 e. The molecule has 1 aromatic heterocycles. The third-order valence-corrected chi connectivity index (χ3v) is 3.94. The lowest BCUT2D eigenvalue weighted by atomic mass is 10.3. The first-order valence-corrected chi connectivity index (χ1v) is 8.40. The lowest BCUT2D eigenvalue weighted by molar-refractivity contribution is 0.211. The minimum absolute atomic E-state index is 0.421. The Kier molecular flexibility index (Phi) is 5.65. The van der Waals surface area contributed by atoms with Crippen LogP contribution in [0, 0.1) is 0 Å². The average molecular weight is 379 g/mol. The maximum Gasteiger partial charge on any atom is 0.257 e. The summed E-state index contributed by atoms with van der Waals surface area (Å²) in [6.07, 6.45) is 3.35. The summed E-state index contributed by atoms with van der Waals surface area (Å²) in [5.41, 5.74) is 0. The van der Waals surface area contributed by atoms with Crippen molar-refractivity contribution in [1.29, 1.82) is 0 Å². The van der Waals surface area contributed by atoms with Gasteiger partial charge in [0.05, 0.1) is 0 Å². The number of benzene rings is 1. The first kappa shape index (κ1) is 16.0. The molecule has 0 amide bonds. The van der Waals surface area contributed by atoms with Gasteiger partial charge < -0.3 is 19.7 Å². The monoisotopic (exact) mass is 378 g/mol. The van der Waals surface area contributed by atoms with Crippen molar-refractivity contribution < 1.29 is 9.47 Å². The molecule has 6 nitrogen and oxygen atoms in total. The van der Waals surface area contributed by atoms with Crippen LogP contribution in [-0.4, -0.2) is 49.4 Å². The number of hydrogen-bond acceptors (Lipinski definition) is 6. The van der Waals surface area contributed by atoms with Gasteiger partial charge in [0.25, 0.3) is 5.88 Å². The SMILES string of the molecule is Brc1cccc(OCCOc2nccnc2N2CCNCC2)c1. The molecule has 0 unspecified atom stereocenters. The van der Waals surface area contributed by atoms with Crippen molar-refractivity contribution in [2.24, 2.45) is 0 Å². The second-order valence-corrected chi connectivity index (χ2v) is 5.99. The lowest BCUT2D eigenvalue weighted by Gasteiger charge is -2.28. The zero-order valence-electron chi connectivity index (χ0n) is 12.7. The molecular weight excluding hydrogens is 360 g/mol. The van der Waals surface area contributed by atoms with E-state index in [0.29, 0.717) is 19.1 Å². The summed E-state index contributed by atoms with van der Waals surface area (Å²) < 4.78 is 12.4. The maximum atomic E-state index is 5.77. The fourth-order valence-electron chi connectivity index (χ4n) is 2.37. The number of hydrogen-bond donors (Lipinski definition) is 1. The van der Waals surface area contributed by atoms with Gasteiger partial charge in [-0.15, -0.1) is 0 Å². The lowest BCUT2D eigenvalue weighted by Crippen LogP contribution is -2.44. The molecule has 2 aromatic rings. The Labute approximate surface area is 144 Å². The molecule has 1 aliphatic rings. The maximum absolute atomic E-state index is 5.77. The summed E-state index contributed by atoms with van der Waals surface area (Å²) in [6.45, 7) is 4.58. The predicted octanol–water partition coefficient (Wildman–Crippen LogP) is 2.11. The highest BCUT2D eigenvalue weighted by Gasteiger charge is 2.17. The van der Waals surface area contributed by atoms with E-state index < -0.39 is 0 Å². The van der Waals surface area contributed by atoms with E-state index in [-0.39, 0.29) is 0 Å². The van der Waals surface area contributed by atoms with Crippen LogP contribution in [0.5, 0.6) is 11.6 Å². The molecule has 0 atom stereocenters. The molecule has 122 valence electrons. The highest BCUT2D eigenvalue weighted by molar-refractivity contribution is 9.10. The van der Waals surface area contributed by atoms with Crippen molar-refractivity contribution in [3.63, 3.8) is 0 Å². The van der Waals surface area contributed by atoms with E-state index in [0.717, 1.165) is 42.2 Å². The summed E-state index contributed by atoms with van der Waals surface area (Å²) in [4.78, 5) is 10.9. The Bertz CT molecular complexity index is 635. The Morgan fingerprint density at radius 1 is 1.09 bits per heavy atom. The number of halogens is 1. The molecule has 0 bridgehead atoms. The molecule has 0 radical (unpaired) electrons. The highest BCUT2D eigenvalue weighted by atomic mass is 79.9. The molecule has 0 saturated carbocycles. The quantitative estimate of drug-likeness (QED) is 0.776. The van der Waals surface area contributed by atoms with Crippen LogP contribution in [0.15, 0.2) is 41.1 Å². The summed E-state index contributed by atoms with van der Waals surface area (Å²) in [7, 11) is 0. The minimum atomic E-state index is 0.421. The number of aromatic nitrogens is 2. The number of nitrogens with zero attached hydrogens (tertiary/aromatic N) is 3. The van der Waals surface area contributed by atoms with E-state index in [4.69, 9.17) is 9.47 Å². The van der Waals surface area contributed by atoms with Gasteiger partial charge >= 0.3 is 0 Å². The molecule has 23 heavy (non-hydrogen) atoms. The molecule has 1 fully saturated rings. The Hall–Kier alpha value is -1.86. The van der Waals surface area contributed by atoms with E-state index in [1.807, 2.05) is 24.3 Å². The molecule has 0 spiro atoms. The zero-order valence-corrected chi connectivity index (χ0v) is 14.3. The number of nitrogens with one attached hydrogen (secondary N) is 1. The van der Waals surface area contributed by atoms with E-state index in [1.165, 1.54) is 0 Å². The van der Waals surface area contributed by atoms with E-state index in [9.17, 15) is 0 Å². The second-order valence-electron chi connectivity index (χ2n) is 5.08.